The largest absolute Gasteiger partial charge is 0.394 e. The van der Waals surface area contributed by atoms with E-state index in [1.807, 2.05) is 0 Å². The minimum absolute atomic E-state index is 0.0320. The lowest BCUT2D eigenvalue weighted by Gasteiger charge is -2.24. The molecule has 1 aliphatic rings. The molecule has 0 radical (unpaired) electrons. The maximum Gasteiger partial charge on any atom is 0.219 e. The monoisotopic (exact) mass is 230 g/mol. The third-order valence-corrected chi connectivity index (χ3v) is 2.79. The molecule has 0 bridgehead atoms. The molecule has 1 aliphatic heterocycles. The molecule has 1 atom stereocenters. The SMILES string of the molecule is CC(=O)N(CCOCCO)CC1CCCN1. The van der Waals surface area contributed by atoms with E-state index in [0.717, 1.165) is 19.5 Å². The third kappa shape index (κ3) is 4.92. The van der Waals surface area contributed by atoms with Gasteiger partial charge in [0.2, 0.25) is 5.91 Å². The molecule has 1 fully saturated rings. The van der Waals surface area contributed by atoms with Crippen LogP contribution in [0.15, 0.2) is 0 Å². The zero-order valence-electron chi connectivity index (χ0n) is 9.95. The van der Waals surface area contributed by atoms with E-state index in [4.69, 9.17) is 9.84 Å². The summed E-state index contributed by atoms with van der Waals surface area (Å²) in [5, 5.41) is 11.9. The van der Waals surface area contributed by atoms with Crippen molar-refractivity contribution >= 4 is 5.91 Å². The van der Waals surface area contributed by atoms with Crippen LogP contribution in [-0.2, 0) is 9.53 Å². The summed E-state index contributed by atoms with van der Waals surface area (Å²) < 4.78 is 5.16. The van der Waals surface area contributed by atoms with E-state index in [0.29, 0.717) is 25.8 Å². The molecule has 1 heterocycles. The van der Waals surface area contributed by atoms with Crippen LogP contribution < -0.4 is 5.32 Å². The van der Waals surface area contributed by atoms with Crippen molar-refractivity contribution in [2.75, 3.05) is 39.5 Å². The number of carbonyl (C=O) groups excluding carboxylic acids is 1. The Hall–Kier alpha value is -0.650. The van der Waals surface area contributed by atoms with Crippen molar-refractivity contribution < 1.29 is 14.6 Å². The average molecular weight is 230 g/mol. The molecule has 2 N–H and O–H groups in total. The van der Waals surface area contributed by atoms with Gasteiger partial charge in [0, 0.05) is 26.1 Å². The molecule has 5 nitrogen and oxygen atoms in total. The number of nitrogens with one attached hydrogen (secondary N) is 1. The van der Waals surface area contributed by atoms with E-state index < -0.39 is 0 Å². The predicted octanol–water partition coefficient (Wildman–Crippen LogP) is -0.404. The van der Waals surface area contributed by atoms with E-state index in [2.05, 4.69) is 5.32 Å². The second kappa shape index (κ2) is 7.60. The topological polar surface area (TPSA) is 61.8 Å². The predicted molar refractivity (Wildman–Crippen MR) is 61.2 cm³/mol. The highest BCUT2D eigenvalue weighted by molar-refractivity contribution is 5.73. The van der Waals surface area contributed by atoms with Crippen molar-refractivity contribution in [3.05, 3.63) is 0 Å². The first-order valence-corrected chi connectivity index (χ1v) is 5.91. The number of rotatable bonds is 7. The van der Waals surface area contributed by atoms with Gasteiger partial charge in [-0.1, -0.05) is 0 Å². The molecule has 1 amide bonds. The van der Waals surface area contributed by atoms with Crippen molar-refractivity contribution in [2.24, 2.45) is 0 Å². The lowest BCUT2D eigenvalue weighted by atomic mass is 10.2. The summed E-state index contributed by atoms with van der Waals surface area (Å²) in [6, 6.07) is 0.432. The highest BCUT2D eigenvalue weighted by Crippen LogP contribution is 2.07. The maximum atomic E-state index is 11.4. The highest BCUT2D eigenvalue weighted by Gasteiger charge is 2.19. The number of hydrogen-bond donors (Lipinski definition) is 2. The lowest BCUT2D eigenvalue weighted by Crippen LogP contribution is -2.41. The fraction of sp³-hybridized carbons (Fsp3) is 0.909. The summed E-state index contributed by atoms with van der Waals surface area (Å²) in [4.78, 5) is 13.2. The van der Waals surface area contributed by atoms with Crippen molar-refractivity contribution in [1.29, 1.82) is 0 Å². The molecule has 0 aromatic heterocycles. The van der Waals surface area contributed by atoms with Gasteiger partial charge < -0.3 is 20.1 Å². The molecule has 1 unspecified atom stereocenters. The van der Waals surface area contributed by atoms with Crippen molar-refractivity contribution in [1.82, 2.24) is 10.2 Å². The third-order valence-electron chi connectivity index (χ3n) is 2.79. The molecule has 5 heteroatoms. The molecule has 0 saturated carbocycles. The van der Waals surface area contributed by atoms with Crippen molar-refractivity contribution in [2.45, 2.75) is 25.8 Å². The number of nitrogens with zero attached hydrogens (tertiary/aromatic N) is 1. The second-order valence-electron chi connectivity index (χ2n) is 4.09. The van der Waals surface area contributed by atoms with Crippen LogP contribution in [0.2, 0.25) is 0 Å². The van der Waals surface area contributed by atoms with Crippen LogP contribution in [0.1, 0.15) is 19.8 Å². The van der Waals surface area contributed by atoms with Crippen LogP contribution in [0.25, 0.3) is 0 Å². The van der Waals surface area contributed by atoms with Gasteiger partial charge in [-0.2, -0.15) is 0 Å². The zero-order chi connectivity index (χ0) is 11.8. The van der Waals surface area contributed by atoms with Crippen LogP contribution in [0.4, 0.5) is 0 Å². The first-order chi connectivity index (χ1) is 7.74. The van der Waals surface area contributed by atoms with Gasteiger partial charge in [0.05, 0.1) is 19.8 Å². The molecule has 0 aromatic carbocycles. The highest BCUT2D eigenvalue weighted by atomic mass is 16.5. The molecule has 16 heavy (non-hydrogen) atoms. The summed E-state index contributed by atoms with van der Waals surface area (Å²) in [5.41, 5.74) is 0. The van der Waals surface area contributed by atoms with Gasteiger partial charge >= 0.3 is 0 Å². The van der Waals surface area contributed by atoms with Gasteiger partial charge in [0.1, 0.15) is 0 Å². The normalized spacial score (nSPS) is 20.0. The number of amides is 1. The average Bonchev–Trinajstić information content (AvgIpc) is 2.75. The Kier molecular flexibility index (Phi) is 6.37. The van der Waals surface area contributed by atoms with Gasteiger partial charge in [-0.05, 0) is 19.4 Å². The van der Waals surface area contributed by atoms with Gasteiger partial charge in [0.15, 0.2) is 0 Å². The van der Waals surface area contributed by atoms with Gasteiger partial charge in [-0.15, -0.1) is 0 Å². The van der Waals surface area contributed by atoms with Gasteiger partial charge in [-0.3, -0.25) is 4.79 Å². The molecule has 0 aromatic rings. The Morgan fingerprint density at radius 2 is 2.38 bits per heavy atom. The lowest BCUT2D eigenvalue weighted by molar-refractivity contribution is -0.130. The summed E-state index contributed by atoms with van der Waals surface area (Å²) in [6.07, 6.45) is 2.33. The van der Waals surface area contributed by atoms with Crippen molar-refractivity contribution in [3.63, 3.8) is 0 Å². The molecule has 0 spiro atoms. The molecular formula is C11H22N2O3. The van der Waals surface area contributed by atoms with Gasteiger partial charge in [-0.25, -0.2) is 0 Å². The van der Waals surface area contributed by atoms with Crippen LogP contribution in [0.3, 0.4) is 0 Å². The summed E-state index contributed by atoms with van der Waals surface area (Å²) >= 11 is 0. The Morgan fingerprint density at radius 1 is 1.56 bits per heavy atom. The van der Waals surface area contributed by atoms with E-state index in [1.54, 1.807) is 11.8 Å². The quantitative estimate of drug-likeness (QED) is 0.584. The van der Waals surface area contributed by atoms with E-state index in [1.165, 1.54) is 6.42 Å². The first kappa shape index (κ1) is 13.4. The number of hydrogen-bond acceptors (Lipinski definition) is 4. The molecule has 0 aliphatic carbocycles. The standard InChI is InChI=1S/C11H22N2O3/c1-10(15)13(5-7-16-8-6-14)9-11-3-2-4-12-11/h11-12,14H,2-9H2,1H3. The van der Waals surface area contributed by atoms with Crippen LogP contribution in [-0.4, -0.2) is 61.4 Å². The molecule has 1 rings (SSSR count). The minimum atomic E-state index is 0.0320. The van der Waals surface area contributed by atoms with E-state index >= 15 is 0 Å². The summed E-state index contributed by atoms with van der Waals surface area (Å²) in [5.74, 6) is 0.0845. The smallest absolute Gasteiger partial charge is 0.219 e. The molecule has 1 saturated heterocycles. The van der Waals surface area contributed by atoms with Gasteiger partial charge in [0.25, 0.3) is 0 Å². The van der Waals surface area contributed by atoms with Crippen LogP contribution in [0.5, 0.6) is 0 Å². The second-order valence-corrected chi connectivity index (χ2v) is 4.09. The molecular weight excluding hydrogens is 208 g/mol. The summed E-state index contributed by atoms with van der Waals surface area (Å²) in [7, 11) is 0. The first-order valence-electron chi connectivity index (χ1n) is 5.91. The Balaban J connectivity index is 2.21. The minimum Gasteiger partial charge on any atom is -0.394 e. The zero-order valence-corrected chi connectivity index (χ0v) is 9.95. The maximum absolute atomic E-state index is 11.4. The fourth-order valence-electron chi connectivity index (χ4n) is 1.90. The number of ether oxygens (including phenoxy) is 1. The Labute approximate surface area is 96.8 Å². The van der Waals surface area contributed by atoms with Crippen LogP contribution >= 0.6 is 0 Å². The Morgan fingerprint density at radius 3 is 2.94 bits per heavy atom. The van der Waals surface area contributed by atoms with E-state index in [-0.39, 0.29) is 12.5 Å². The van der Waals surface area contributed by atoms with E-state index in [9.17, 15) is 4.79 Å². The number of aliphatic hydroxyl groups is 1. The number of carbonyl (C=O) groups is 1. The number of aliphatic hydroxyl groups excluding tert-OH is 1. The fourth-order valence-corrected chi connectivity index (χ4v) is 1.90. The van der Waals surface area contributed by atoms with Crippen molar-refractivity contribution in [3.8, 4) is 0 Å². The van der Waals surface area contributed by atoms with Crippen LogP contribution in [0, 0.1) is 0 Å². The Bertz CT molecular complexity index is 205. The molecule has 94 valence electrons. The summed E-state index contributed by atoms with van der Waals surface area (Å²) in [6.45, 7) is 4.87.